The smallest absolute Gasteiger partial charge is 0.188 e. The van der Waals surface area contributed by atoms with E-state index in [2.05, 4.69) is 55.2 Å². The van der Waals surface area contributed by atoms with Crippen molar-refractivity contribution in [3.8, 4) is 5.75 Å². The van der Waals surface area contributed by atoms with Crippen LogP contribution in [0.1, 0.15) is 45.2 Å². The summed E-state index contributed by atoms with van der Waals surface area (Å²) in [5, 5.41) is 3.24. The van der Waals surface area contributed by atoms with E-state index in [-0.39, 0.29) is 5.54 Å². The van der Waals surface area contributed by atoms with Crippen LogP contribution in [0, 0.1) is 5.92 Å². The summed E-state index contributed by atoms with van der Waals surface area (Å²) in [6.45, 7) is 8.13. The monoisotopic (exact) mass is 332 g/mol. The maximum atomic E-state index is 6.04. The molecule has 2 atom stereocenters. The highest BCUT2D eigenvalue weighted by Crippen LogP contribution is 2.35. The van der Waals surface area contributed by atoms with E-state index >= 15 is 0 Å². The number of rotatable bonds is 4. The van der Waals surface area contributed by atoms with E-state index in [1.807, 2.05) is 12.1 Å². The molecule has 0 spiro atoms. The SMILES string of the molecule is COc1ccc(C2C(CN=C(N)NC(C)(C)C)CCCN2C)cc1. The van der Waals surface area contributed by atoms with Gasteiger partial charge in [0.05, 0.1) is 7.11 Å². The van der Waals surface area contributed by atoms with Gasteiger partial charge in [-0.2, -0.15) is 0 Å². The van der Waals surface area contributed by atoms with E-state index in [0.29, 0.717) is 17.9 Å². The molecule has 0 aromatic heterocycles. The lowest BCUT2D eigenvalue weighted by Gasteiger charge is -2.39. The molecule has 3 N–H and O–H groups in total. The molecule has 1 saturated heterocycles. The summed E-state index contributed by atoms with van der Waals surface area (Å²) < 4.78 is 5.28. The summed E-state index contributed by atoms with van der Waals surface area (Å²) >= 11 is 0. The van der Waals surface area contributed by atoms with Gasteiger partial charge in [-0.1, -0.05) is 12.1 Å². The second-order valence-corrected chi connectivity index (χ2v) is 7.70. The first-order chi connectivity index (χ1) is 11.3. The molecule has 0 aliphatic carbocycles. The van der Waals surface area contributed by atoms with Crippen LogP contribution in [0.25, 0.3) is 0 Å². The van der Waals surface area contributed by atoms with Gasteiger partial charge < -0.3 is 15.8 Å². The van der Waals surface area contributed by atoms with Crippen LogP contribution < -0.4 is 15.8 Å². The Kier molecular flexibility index (Phi) is 6.10. The van der Waals surface area contributed by atoms with Crippen molar-refractivity contribution in [1.82, 2.24) is 10.2 Å². The van der Waals surface area contributed by atoms with Crippen LogP contribution in [0.4, 0.5) is 0 Å². The van der Waals surface area contributed by atoms with Crippen molar-refractivity contribution in [2.24, 2.45) is 16.6 Å². The molecule has 2 unspecified atom stereocenters. The Bertz CT molecular complexity index is 547. The molecule has 5 heteroatoms. The molecule has 2 rings (SSSR count). The van der Waals surface area contributed by atoms with Gasteiger partial charge in [0.15, 0.2) is 5.96 Å². The fourth-order valence-electron chi connectivity index (χ4n) is 3.42. The molecule has 1 aliphatic rings. The Hall–Kier alpha value is -1.75. The van der Waals surface area contributed by atoms with Crippen molar-refractivity contribution in [2.45, 2.75) is 45.2 Å². The highest BCUT2D eigenvalue weighted by atomic mass is 16.5. The minimum atomic E-state index is -0.0632. The number of nitrogens with one attached hydrogen (secondary N) is 1. The Balaban J connectivity index is 2.12. The van der Waals surface area contributed by atoms with E-state index in [9.17, 15) is 0 Å². The number of likely N-dealkylation sites (tertiary alicyclic amines) is 1. The number of nitrogens with two attached hydrogens (primary N) is 1. The quantitative estimate of drug-likeness (QED) is 0.657. The third kappa shape index (κ3) is 5.13. The van der Waals surface area contributed by atoms with Crippen molar-refractivity contribution in [2.75, 3.05) is 27.2 Å². The number of piperidine rings is 1. The summed E-state index contributed by atoms with van der Waals surface area (Å²) in [6, 6.07) is 8.77. The highest BCUT2D eigenvalue weighted by molar-refractivity contribution is 5.78. The molecule has 0 saturated carbocycles. The zero-order valence-electron chi connectivity index (χ0n) is 15.7. The van der Waals surface area contributed by atoms with Gasteiger partial charge in [-0.25, -0.2) is 0 Å². The lowest BCUT2D eigenvalue weighted by atomic mass is 9.85. The zero-order valence-corrected chi connectivity index (χ0v) is 15.7. The van der Waals surface area contributed by atoms with Crippen molar-refractivity contribution < 1.29 is 4.74 Å². The second kappa shape index (κ2) is 7.88. The molecule has 0 radical (unpaired) electrons. The number of methoxy groups -OCH3 is 1. The van der Waals surface area contributed by atoms with Crippen LogP contribution in [-0.2, 0) is 0 Å². The number of ether oxygens (including phenoxy) is 1. The van der Waals surface area contributed by atoms with Gasteiger partial charge in [-0.15, -0.1) is 0 Å². The highest BCUT2D eigenvalue weighted by Gasteiger charge is 2.30. The van der Waals surface area contributed by atoms with Crippen LogP contribution in [-0.4, -0.2) is 43.6 Å². The average molecular weight is 332 g/mol. The minimum absolute atomic E-state index is 0.0632. The zero-order chi connectivity index (χ0) is 17.7. The van der Waals surface area contributed by atoms with Gasteiger partial charge in [0.1, 0.15) is 5.75 Å². The molecular weight excluding hydrogens is 300 g/mol. The third-order valence-electron chi connectivity index (χ3n) is 4.46. The lowest BCUT2D eigenvalue weighted by molar-refractivity contribution is 0.125. The molecule has 1 fully saturated rings. The van der Waals surface area contributed by atoms with Crippen LogP contribution in [0.3, 0.4) is 0 Å². The Morgan fingerprint density at radius 1 is 1.33 bits per heavy atom. The first-order valence-electron chi connectivity index (χ1n) is 8.72. The average Bonchev–Trinajstić information content (AvgIpc) is 2.51. The second-order valence-electron chi connectivity index (χ2n) is 7.70. The first-order valence-corrected chi connectivity index (χ1v) is 8.72. The van der Waals surface area contributed by atoms with Crippen LogP contribution >= 0.6 is 0 Å². The molecule has 1 aromatic rings. The van der Waals surface area contributed by atoms with E-state index in [4.69, 9.17) is 10.5 Å². The Morgan fingerprint density at radius 2 is 2.00 bits per heavy atom. The van der Waals surface area contributed by atoms with E-state index in [1.165, 1.54) is 18.4 Å². The summed E-state index contributed by atoms with van der Waals surface area (Å²) in [5.41, 5.74) is 7.30. The fraction of sp³-hybridized carbons (Fsp3) is 0.632. The molecule has 5 nitrogen and oxygen atoms in total. The van der Waals surface area contributed by atoms with Crippen LogP contribution in [0.5, 0.6) is 5.75 Å². The van der Waals surface area contributed by atoms with Crippen LogP contribution in [0.15, 0.2) is 29.3 Å². The number of hydrogen-bond acceptors (Lipinski definition) is 3. The summed E-state index contributed by atoms with van der Waals surface area (Å²) in [4.78, 5) is 7.04. The molecule has 1 aliphatic heterocycles. The number of benzene rings is 1. The molecule has 1 heterocycles. The normalized spacial score (nSPS) is 23.1. The summed E-state index contributed by atoms with van der Waals surface area (Å²) in [7, 11) is 3.89. The third-order valence-corrected chi connectivity index (χ3v) is 4.46. The molecular formula is C19H32N4O. The Morgan fingerprint density at radius 3 is 2.58 bits per heavy atom. The standard InChI is InChI=1S/C19H32N4O/c1-19(2,3)22-18(20)21-13-15-7-6-12-23(4)17(15)14-8-10-16(24-5)11-9-14/h8-11,15,17H,6-7,12-13H2,1-5H3,(H3,20,21,22). The van der Waals surface area contributed by atoms with Crippen molar-refractivity contribution in [1.29, 1.82) is 0 Å². The van der Waals surface area contributed by atoms with E-state index in [0.717, 1.165) is 18.8 Å². The van der Waals surface area contributed by atoms with Gasteiger partial charge in [0.2, 0.25) is 0 Å². The van der Waals surface area contributed by atoms with Crippen LogP contribution in [0.2, 0.25) is 0 Å². The topological polar surface area (TPSA) is 62.9 Å². The maximum absolute atomic E-state index is 6.04. The van der Waals surface area contributed by atoms with E-state index < -0.39 is 0 Å². The minimum Gasteiger partial charge on any atom is -0.497 e. The number of guanidine groups is 1. The Labute approximate surface area is 146 Å². The molecule has 1 aromatic carbocycles. The van der Waals surface area contributed by atoms with Crippen molar-refractivity contribution in [3.05, 3.63) is 29.8 Å². The number of hydrogen-bond donors (Lipinski definition) is 2. The van der Waals surface area contributed by atoms with Gasteiger partial charge in [-0.05, 0) is 70.8 Å². The molecule has 0 amide bonds. The van der Waals surface area contributed by atoms with Gasteiger partial charge >= 0.3 is 0 Å². The van der Waals surface area contributed by atoms with Gasteiger partial charge in [0, 0.05) is 18.1 Å². The predicted molar refractivity (Wildman–Crippen MR) is 100 cm³/mol. The van der Waals surface area contributed by atoms with Crippen molar-refractivity contribution in [3.63, 3.8) is 0 Å². The largest absolute Gasteiger partial charge is 0.497 e. The van der Waals surface area contributed by atoms with Crippen molar-refractivity contribution >= 4 is 5.96 Å². The lowest BCUT2D eigenvalue weighted by Crippen LogP contribution is -2.45. The molecule has 0 bridgehead atoms. The molecule has 134 valence electrons. The van der Waals surface area contributed by atoms with E-state index in [1.54, 1.807) is 7.11 Å². The predicted octanol–water partition coefficient (Wildman–Crippen LogP) is 2.78. The number of nitrogens with zero attached hydrogens (tertiary/aromatic N) is 2. The van der Waals surface area contributed by atoms with Gasteiger partial charge in [-0.3, -0.25) is 9.89 Å². The molecule has 24 heavy (non-hydrogen) atoms. The fourth-order valence-corrected chi connectivity index (χ4v) is 3.42. The van der Waals surface area contributed by atoms with Gasteiger partial charge in [0.25, 0.3) is 0 Å². The maximum Gasteiger partial charge on any atom is 0.188 e. The first kappa shape index (κ1) is 18.6. The summed E-state index contributed by atoms with van der Waals surface area (Å²) in [6.07, 6.45) is 2.38. The summed E-state index contributed by atoms with van der Waals surface area (Å²) in [5.74, 6) is 1.90. The number of aliphatic imine (C=N–C) groups is 1.